The third-order valence-electron chi connectivity index (χ3n) is 4.52. The number of hydrogen-bond donors (Lipinski definition) is 1. The zero-order valence-electron chi connectivity index (χ0n) is 12.2. The van der Waals surface area contributed by atoms with Gasteiger partial charge in [0, 0.05) is 16.5 Å². The van der Waals surface area contributed by atoms with Crippen molar-refractivity contribution in [3.05, 3.63) is 77.4 Å². The van der Waals surface area contributed by atoms with E-state index in [2.05, 4.69) is 19.1 Å². The van der Waals surface area contributed by atoms with Crippen LogP contribution in [-0.4, -0.2) is 22.6 Å². The summed E-state index contributed by atoms with van der Waals surface area (Å²) >= 11 is 0. The standard InChI is InChI=1S/C19H15NO2/c1-19-10-5-4-8-15(19)20-14(9-11-19)16-17(21)12-6-2-3-7-13(12)18(16)22/h2-11,15,21H,1H3/t15-,19+/m0/s1. The van der Waals surface area contributed by atoms with Crippen molar-refractivity contribution in [2.45, 2.75) is 13.0 Å². The Bertz CT molecular complexity index is 839. The van der Waals surface area contributed by atoms with E-state index in [9.17, 15) is 9.90 Å². The summed E-state index contributed by atoms with van der Waals surface area (Å²) in [5.41, 5.74) is 1.83. The van der Waals surface area contributed by atoms with Gasteiger partial charge >= 0.3 is 0 Å². The lowest BCUT2D eigenvalue weighted by Gasteiger charge is -2.33. The highest BCUT2D eigenvalue weighted by atomic mass is 16.3. The molecule has 0 aromatic heterocycles. The van der Waals surface area contributed by atoms with Crippen molar-refractivity contribution in [1.82, 2.24) is 0 Å². The number of carbonyl (C=O) groups excluding carboxylic acids is 1. The molecule has 2 aliphatic carbocycles. The molecule has 1 heterocycles. The molecular formula is C19H15NO2. The zero-order chi connectivity index (χ0) is 15.3. The average molecular weight is 289 g/mol. The number of aliphatic hydroxyl groups excluding tert-OH is 1. The van der Waals surface area contributed by atoms with Crippen molar-refractivity contribution >= 4 is 17.3 Å². The number of carbonyl (C=O) groups is 1. The normalized spacial score (nSPS) is 28.7. The van der Waals surface area contributed by atoms with Crippen LogP contribution in [0.5, 0.6) is 0 Å². The molecule has 1 N–H and O–H groups in total. The van der Waals surface area contributed by atoms with Crippen LogP contribution in [0.4, 0.5) is 0 Å². The molecule has 1 aromatic rings. The van der Waals surface area contributed by atoms with Crippen LogP contribution in [-0.2, 0) is 0 Å². The molecule has 3 aliphatic rings. The molecule has 0 radical (unpaired) electrons. The van der Waals surface area contributed by atoms with Crippen LogP contribution in [0, 0.1) is 5.41 Å². The molecule has 0 saturated carbocycles. The lowest BCUT2D eigenvalue weighted by atomic mass is 9.77. The second kappa shape index (κ2) is 4.41. The van der Waals surface area contributed by atoms with Gasteiger partial charge in [0.15, 0.2) is 5.78 Å². The Labute approximate surface area is 128 Å². The van der Waals surface area contributed by atoms with Crippen LogP contribution in [0.15, 0.2) is 71.3 Å². The molecule has 4 rings (SSSR count). The van der Waals surface area contributed by atoms with Crippen LogP contribution >= 0.6 is 0 Å². The number of aliphatic imine (C=N–C) groups is 1. The Kier molecular flexibility index (Phi) is 2.61. The minimum Gasteiger partial charge on any atom is -0.506 e. The van der Waals surface area contributed by atoms with Gasteiger partial charge in [-0.25, -0.2) is 0 Å². The number of nitrogens with zero attached hydrogens (tertiary/aromatic N) is 1. The predicted molar refractivity (Wildman–Crippen MR) is 87.1 cm³/mol. The van der Waals surface area contributed by atoms with Gasteiger partial charge in [0.25, 0.3) is 0 Å². The first kappa shape index (κ1) is 13.0. The Hall–Kier alpha value is -2.68. The maximum absolute atomic E-state index is 12.6. The Morgan fingerprint density at radius 3 is 2.68 bits per heavy atom. The maximum atomic E-state index is 12.6. The van der Waals surface area contributed by atoms with E-state index in [4.69, 9.17) is 4.99 Å². The fraction of sp³-hybridized carbons (Fsp3) is 0.158. The second-order valence-electron chi connectivity index (χ2n) is 6.00. The molecule has 2 atom stereocenters. The third kappa shape index (κ3) is 1.69. The maximum Gasteiger partial charge on any atom is 0.199 e. The average Bonchev–Trinajstić information content (AvgIpc) is 2.79. The Balaban J connectivity index is 1.80. The van der Waals surface area contributed by atoms with Crippen molar-refractivity contribution in [1.29, 1.82) is 0 Å². The number of rotatable bonds is 1. The van der Waals surface area contributed by atoms with E-state index in [-0.39, 0.29) is 23.0 Å². The molecule has 0 saturated heterocycles. The van der Waals surface area contributed by atoms with Crippen LogP contribution in [0.1, 0.15) is 22.8 Å². The van der Waals surface area contributed by atoms with Gasteiger partial charge in [0.2, 0.25) is 0 Å². The first-order valence-corrected chi connectivity index (χ1v) is 7.31. The van der Waals surface area contributed by atoms with Crippen molar-refractivity contribution in [3.8, 4) is 0 Å². The fourth-order valence-electron chi connectivity index (χ4n) is 3.18. The highest BCUT2D eigenvalue weighted by Crippen LogP contribution is 2.38. The van der Waals surface area contributed by atoms with E-state index < -0.39 is 0 Å². The number of Topliss-reactive ketones (excluding diaryl/α,β-unsaturated/α-hetero) is 1. The molecule has 22 heavy (non-hydrogen) atoms. The lowest BCUT2D eigenvalue weighted by Crippen LogP contribution is -2.31. The molecule has 0 amide bonds. The van der Waals surface area contributed by atoms with Crippen LogP contribution in [0.2, 0.25) is 0 Å². The number of fused-ring (bicyclic) bond motifs is 2. The van der Waals surface area contributed by atoms with Crippen LogP contribution in [0.25, 0.3) is 5.76 Å². The number of allylic oxidation sites excluding steroid dienone is 4. The molecule has 1 aromatic carbocycles. The lowest BCUT2D eigenvalue weighted by molar-refractivity contribution is 0.104. The highest BCUT2D eigenvalue weighted by molar-refractivity contribution is 6.38. The Morgan fingerprint density at radius 1 is 1.14 bits per heavy atom. The summed E-state index contributed by atoms with van der Waals surface area (Å²) in [4.78, 5) is 17.3. The molecule has 1 aliphatic heterocycles. The highest BCUT2D eigenvalue weighted by Gasteiger charge is 2.36. The van der Waals surface area contributed by atoms with Gasteiger partial charge in [-0.05, 0) is 6.08 Å². The second-order valence-corrected chi connectivity index (χ2v) is 6.00. The fourth-order valence-corrected chi connectivity index (χ4v) is 3.18. The molecule has 0 unspecified atom stereocenters. The summed E-state index contributed by atoms with van der Waals surface area (Å²) in [6, 6.07) is 7.07. The van der Waals surface area contributed by atoms with Crippen molar-refractivity contribution in [3.63, 3.8) is 0 Å². The van der Waals surface area contributed by atoms with Gasteiger partial charge in [-0.2, -0.15) is 0 Å². The predicted octanol–water partition coefficient (Wildman–Crippen LogP) is 3.66. The number of benzene rings is 1. The third-order valence-corrected chi connectivity index (χ3v) is 4.52. The largest absolute Gasteiger partial charge is 0.506 e. The molecule has 0 bridgehead atoms. The molecule has 0 fully saturated rings. The number of dihydropyridines is 1. The van der Waals surface area contributed by atoms with E-state index in [1.54, 1.807) is 18.2 Å². The van der Waals surface area contributed by atoms with Gasteiger partial charge in [0.1, 0.15) is 5.76 Å². The SMILES string of the molecule is C[C@]12C=CC=C[C@@H]1N=C(C1=C(O)c3ccccc3C1=O)C=C2. The minimum atomic E-state index is -0.164. The number of hydrogen-bond acceptors (Lipinski definition) is 3. The monoisotopic (exact) mass is 289 g/mol. The molecule has 0 spiro atoms. The Morgan fingerprint density at radius 2 is 1.91 bits per heavy atom. The quantitative estimate of drug-likeness (QED) is 0.857. The van der Waals surface area contributed by atoms with Gasteiger partial charge in [-0.15, -0.1) is 0 Å². The van der Waals surface area contributed by atoms with E-state index in [0.717, 1.165) is 0 Å². The topological polar surface area (TPSA) is 49.7 Å². The van der Waals surface area contributed by atoms with Gasteiger partial charge in [-0.3, -0.25) is 9.79 Å². The smallest absolute Gasteiger partial charge is 0.199 e. The summed E-state index contributed by atoms with van der Waals surface area (Å²) in [7, 11) is 0. The first-order chi connectivity index (χ1) is 10.6. The first-order valence-electron chi connectivity index (χ1n) is 7.31. The van der Waals surface area contributed by atoms with Gasteiger partial charge in [-0.1, -0.05) is 61.6 Å². The molecule has 108 valence electrons. The summed E-state index contributed by atoms with van der Waals surface area (Å²) in [6.07, 6.45) is 12.0. The number of aliphatic hydroxyl groups is 1. The van der Waals surface area contributed by atoms with E-state index in [0.29, 0.717) is 22.4 Å². The van der Waals surface area contributed by atoms with Crippen molar-refractivity contribution in [2.75, 3.05) is 0 Å². The van der Waals surface area contributed by atoms with Crippen LogP contribution in [0.3, 0.4) is 0 Å². The molecule has 3 heteroatoms. The van der Waals surface area contributed by atoms with Crippen molar-refractivity contribution < 1.29 is 9.90 Å². The summed E-state index contributed by atoms with van der Waals surface area (Å²) in [6.45, 7) is 2.11. The van der Waals surface area contributed by atoms with Crippen molar-refractivity contribution in [2.24, 2.45) is 10.4 Å². The van der Waals surface area contributed by atoms with Crippen LogP contribution < -0.4 is 0 Å². The summed E-state index contributed by atoms with van der Waals surface area (Å²) in [5, 5.41) is 10.4. The van der Waals surface area contributed by atoms with E-state index >= 15 is 0 Å². The zero-order valence-corrected chi connectivity index (χ0v) is 12.2. The van der Waals surface area contributed by atoms with Gasteiger partial charge < -0.3 is 5.11 Å². The summed E-state index contributed by atoms with van der Waals surface area (Å²) in [5.74, 6) is -0.127. The molecule has 3 nitrogen and oxygen atoms in total. The minimum absolute atomic E-state index is 0.0305. The summed E-state index contributed by atoms with van der Waals surface area (Å²) < 4.78 is 0. The number of ketones is 1. The van der Waals surface area contributed by atoms with E-state index in [1.165, 1.54) is 0 Å². The van der Waals surface area contributed by atoms with Gasteiger partial charge in [0.05, 0.1) is 17.3 Å². The van der Waals surface area contributed by atoms with E-state index in [1.807, 2.05) is 30.4 Å². The molecular weight excluding hydrogens is 274 g/mol.